The van der Waals surface area contributed by atoms with Crippen LogP contribution in [-0.2, 0) is 4.79 Å². The van der Waals surface area contributed by atoms with Crippen LogP contribution in [0.15, 0.2) is 42.5 Å². The van der Waals surface area contributed by atoms with E-state index >= 15 is 0 Å². The Kier molecular flexibility index (Phi) is 4.59. The minimum atomic E-state index is -0.248. The zero-order chi connectivity index (χ0) is 18.1. The van der Waals surface area contributed by atoms with Crippen molar-refractivity contribution < 1.29 is 9.18 Å². The summed E-state index contributed by atoms with van der Waals surface area (Å²) in [4.78, 5) is 19.4. The molecule has 4 rings (SSSR count). The number of thiazole rings is 1. The first-order valence-electron chi connectivity index (χ1n) is 8.77. The number of halogens is 1. The van der Waals surface area contributed by atoms with Gasteiger partial charge in [-0.05, 0) is 55.7 Å². The van der Waals surface area contributed by atoms with Crippen LogP contribution in [0.3, 0.4) is 0 Å². The van der Waals surface area contributed by atoms with Crippen molar-refractivity contribution in [1.82, 2.24) is 4.98 Å². The molecule has 2 aromatic carbocycles. The minimum Gasteiger partial charge on any atom is -0.347 e. The van der Waals surface area contributed by atoms with E-state index in [0.29, 0.717) is 6.54 Å². The Morgan fingerprint density at radius 1 is 1.31 bits per heavy atom. The Balaban J connectivity index is 1.48. The van der Waals surface area contributed by atoms with E-state index < -0.39 is 0 Å². The van der Waals surface area contributed by atoms with Crippen LogP contribution in [0.1, 0.15) is 18.4 Å². The topological polar surface area (TPSA) is 45.2 Å². The molecule has 1 amide bonds. The van der Waals surface area contributed by atoms with Crippen molar-refractivity contribution in [3.8, 4) is 0 Å². The van der Waals surface area contributed by atoms with E-state index in [2.05, 4.69) is 15.2 Å². The van der Waals surface area contributed by atoms with Crippen molar-refractivity contribution in [3.63, 3.8) is 0 Å². The fourth-order valence-electron chi connectivity index (χ4n) is 3.35. The van der Waals surface area contributed by atoms with Crippen LogP contribution in [0.4, 0.5) is 15.2 Å². The number of carbonyl (C=O) groups is 1. The molecule has 26 heavy (non-hydrogen) atoms. The quantitative estimate of drug-likeness (QED) is 0.734. The summed E-state index contributed by atoms with van der Waals surface area (Å²) in [6.45, 7) is 3.52. The summed E-state index contributed by atoms with van der Waals surface area (Å²) in [5.41, 5.74) is 2.76. The highest BCUT2D eigenvalue weighted by atomic mass is 32.1. The average molecular weight is 369 g/mol. The summed E-state index contributed by atoms with van der Waals surface area (Å²) in [6, 6.07) is 12.5. The molecule has 0 aliphatic carbocycles. The van der Waals surface area contributed by atoms with Gasteiger partial charge in [-0.15, -0.1) is 0 Å². The number of aromatic nitrogens is 1. The number of hydrogen-bond acceptors (Lipinski definition) is 4. The van der Waals surface area contributed by atoms with Crippen molar-refractivity contribution in [2.75, 3.05) is 23.3 Å². The first kappa shape index (κ1) is 17.0. The van der Waals surface area contributed by atoms with Crippen LogP contribution in [-0.4, -0.2) is 24.0 Å². The molecule has 1 saturated heterocycles. The minimum absolute atomic E-state index is 0.0486. The van der Waals surface area contributed by atoms with E-state index in [0.717, 1.165) is 46.0 Å². The Morgan fingerprint density at radius 2 is 2.19 bits per heavy atom. The summed E-state index contributed by atoms with van der Waals surface area (Å²) < 4.78 is 14.2. The molecule has 0 bridgehead atoms. The molecule has 2 heterocycles. The number of nitrogens with one attached hydrogen (secondary N) is 1. The number of aryl methyl sites for hydroxylation is 1. The Hall–Kier alpha value is -2.47. The number of benzene rings is 2. The Morgan fingerprint density at radius 3 is 3.04 bits per heavy atom. The Labute approximate surface area is 155 Å². The van der Waals surface area contributed by atoms with Crippen LogP contribution in [0.25, 0.3) is 10.2 Å². The van der Waals surface area contributed by atoms with Gasteiger partial charge in [-0.3, -0.25) is 4.79 Å². The lowest BCUT2D eigenvalue weighted by atomic mass is 9.97. The normalized spacial score (nSPS) is 17.5. The standard InChI is InChI=1S/C20H20FN3OS/c1-13-4-2-6-16(10-13)22-19(25)14-5-3-9-24(12-14)20-23-17-8-7-15(21)11-18(17)26-20/h2,4,6-8,10-11,14H,3,5,9,12H2,1H3,(H,22,25). The highest BCUT2D eigenvalue weighted by Gasteiger charge is 2.27. The lowest BCUT2D eigenvalue weighted by Gasteiger charge is -2.31. The number of amides is 1. The zero-order valence-electron chi connectivity index (χ0n) is 14.5. The zero-order valence-corrected chi connectivity index (χ0v) is 15.4. The van der Waals surface area contributed by atoms with Crippen LogP contribution in [0, 0.1) is 18.7 Å². The molecule has 1 atom stereocenters. The largest absolute Gasteiger partial charge is 0.347 e. The van der Waals surface area contributed by atoms with Crippen molar-refractivity contribution >= 4 is 38.3 Å². The maximum atomic E-state index is 13.4. The van der Waals surface area contributed by atoms with Gasteiger partial charge >= 0.3 is 0 Å². The third kappa shape index (κ3) is 3.55. The SMILES string of the molecule is Cc1cccc(NC(=O)C2CCCN(c3nc4ccc(F)cc4s3)C2)c1. The molecule has 1 aromatic heterocycles. The van der Waals surface area contributed by atoms with Gasteiger partial charge in [0.1, 0.15) is 5.82 Å². The second-order valence-electron chi connectivity index (χ2n) is 6.75. The molecule has 4 nitrogen and oxygen atoms in total. The van der Waals surface area contributed by atoms with Gasteiger partial charge in [0, 0.05) is 18.8 Å². The van der Waals surface area contributed by atoms with Crippen LogP contribution >= 0.6 is 11.3 Å². The summed E-state index contributed by atoms with van der Waals surface area (Å²) in [7, 11) is 0. The summed E-state index contributed by atoms with van der Waals surface area (Å²) in [5.74, 6) is -0.276. The monoisotopic (exact) mass is 369 g/mol. The van der Waals surface area contributed by atoms with E-state index in [1.54, 1.807) is 6.07 Å². The first-order chi connectivity index (χ1) is 12.6. The number of fused-ring (bicyclic) bond motifs is 1. The molecule has 0 saturated carbocycles. The number of rotatable bonds is 3. The van der Waals surface area contributed by atoms with Gasteiger partial charge in [0.2, 0.25) is 5.91 Å². The van der Waals surface area contributed by atoms with Crippen LogP contribution in [0.2, 0.25) is 0 Å². The predicted molar refractivity (Wildman–Crippen MR) is 104 cm³/mol. The second-order valence-corrected chi connectivity index (χ2v) is 7.76. The fourth-order valence-corrected chi connectivity index (χ4v) is 4.38. The number of piperidine rings is 1. The van der Waals surface area contributed by atoms with Gasteiger partial charge in [0.15, 0.2) is 5.13 Å². The Bertz CT molecular complexity index is 955. The molecule has 1 unspecified atom stereocenters. The maximum Gasteiger partial charge on any atom is 0.229 e. The molecule has 3 aromatic rings. The van der Waals surface area contributed by atoms with Gasteiger partial charge in [-0.1, -0.05) is 23.5 Å². The highest BCUT2D eigenvalue weighted by Crippen LogP contribution is 2.32. The lowest BCUT2D eigenvalue weighted by molar-refractivity contribution is -0.120. The van der Waals surface area contributed by atoms with Gasteiger partial charge in [0.25, 0.3) is 0 Å². The number of hydrogen-bond donors (Lipinski definition) is 1. The summed E-state index contributed by atoms with van der Waals surface area (Å²) in [5, 5.41) is 3.89. The van der Waals surface area contributed by atoms with Gasteiger partial charge in [-0.25, -0.2) is 9.37 Å². The van der Waals surface area contributed by atoms with Crippen LogP contribution < -0.4 is 10.2 Å². The van der Waals surface area contributed by atoms with Crippen molar-refractivity contribution in [3.05, 3.63) is 53.8 Å². The van der Waals surface area contributed by atoms with E-state index in [4.69, 9.17) is 0 Å². The van der Waals surface area contributed by atoms with Crippen molar-refractivity contribution in [2.24, 2.45) is 5.92 Å². The molecular weight excluding hydrogens is 349 g/mol. The number of nitrogens with zero attached hydrogens (tertiary/aromatic N) is 2. The number of anilines is 2. The van der Waals surface area contributed by atoms with Crippen molar-refractivity contribution in [1.29, 1.82) is 0 Å². The van der Waals surface area contributed by atoms with Crippen LogP contribution in [0.5, 0.6) is 0 Å². The molecule has 1 N–H and O–H groups in total. The van der Waals surface area contributed by atoms with Gasteiger partial charge in [-0.2, -0.15) is 0 Å². The predicted octanol–water partition coefficient (Wildman–Crippen LogP) is 4.60. The molecule has 1 fully saturated rings. The third-order valence-corrected chi connectivity index (χ3v) is 5.77. The smallest absolute Gasteiger partial charge is 0.229 e. The molecule has 0 spiro atoms. The van der Waals surface area contributed by atoms with Gasteiger partial charge in [0.05, 0.1) is 16.1 Å². The molecule has 6 heteroatoms. The molecule has 1 aliphatic heterocycles. The summed E-state index contributed by atoms with van der Waals surface area (Å²) in [6.07, 6.45) is 1.81. The maximum absolute atomic E-state index is 13.4. The first-order valence-corrected chi connectivity index (χ1v) is 9.59. The highest BCUT2D eigenvalue weighted by molar-refractivity contribution is 7.22. The van der Waals surface area contributed by atoms with E-state index in [1.807, 2.05) is 31.2 Å². The number of carbonyl (C=O) groups excluding carboxylic acids is 1. The fraction of sp³-hybridized carbons (Fsp3) is 0.300. The molecular formula is C20H20FN3OS. The third-order valence-electron chi connectivity index (χ3n) is 4.69. The van der Waals surface area contributed by atoms with E-state index in [9.17, 15) is 9.18 Å². The molecule has 134 valence electrons. The molecule has 0 radical (unpaired) electrons. The van der Waals surface area contributed by atoms with E-state index in [-0.39, 0.29) is 17.6 Å². The summed E-state index contributed by atoms with van der Waals surface area (Å²) >= 11 is 1.48. The second kappa shape index (κ2) is 7.03. The molecule has 1 aliphatic rings. The lowest BCUT2D eigenvalue weighted by Crippen LogP contribution is -2.40. The van der Waals surface area contributed by atoms with Gasteiger partial charge < -0.3 is 10.2 Å². The van der Waals surface area contributed by atoms with E-state index in [1.165, 1.54) is 23.5 Å². The average Bonchev–Trinajstić information content (AvgIpc) is 3.05. The van der Waals surface area contributed by atoms with Crippen molar-refractivity contribution in [2.45, 2.75) is 19.8 Å².